The molecule has 0 saturated heterocycles. The van der Waals surface area contributed by atoms with E-state index in [2.05, 4.69) is 41.5 Å². The molecule has 0 aliphatic rings. The van der Waals surface area contributed by atoms with Crippen molar-refractivity contribution in [2.75, 3.05) is 6.54 Å². The second kappa shape index (κ2) is 20.0. The van der Waals surface area contributed by atoms with Crippen LogP contribution in [0.1, 0.15) is 90.4 Å². The van der Waals surface area contributed by atoms with E-state index in [1.807, 2.05) is 0 Å². The largest absolute Gasteiger partial charge is 0.480 e. The summed E-state index contributed by atoms with van der Waals surface area (Å²) in [6, 6.07) is -0.960. The van der Waals surface area contributed by atoms with Crippen molar-refractivity contribution >= 4 is 17.8 Å². The van der Waals surface area contributed by atoms with Crippen LogP contribution in [0.25, 0.3) is 0 Å². The Morgan fingerprint density at radius 2 is 1.53 bits per heavy atom. The van der Waals surface area contributed by atoms with Crippen molar-refractivity contribution in [2.45, 2.75) is 96.4 Å². The molecule has 0 rings (SSSR count). The molecule has 0 fully saturated rings. The number of guanidine groups is 1. The predicted molar refractivity (Wildman–Crippen MR) is 124 cm³/mol. The van der Waals surface area contributed by atoms with Crippen LogP contribution in [0, 0.1) is 0 Å². The van der Waals surface area contributed by atoms with Gasteiger partial charge in [0.05, 0.1) is 0 Å². The molecule has 0 unspecified atom stereocenters. The van der Waals surface area contributed by atoms with Crippen molar-refractivity contribution in [3.05, 3.63) is 24.3 Å². The minimum Gasteiger partial charge on any atom is -0.480 e. The fraction of sp³-hybridized carbons (Fsp3) is 0.696. The number of carbonyl (C=O) groups is 2. The maximum Gasteiger partial charge on any atom is 0.326 e. The number of nitrogens with one attached hydrogen (secondary N) is 1. The number of hydrogen-bond donors (Lipinski definition) is 4. The summed E-state index contributed by atoms with van der Waals surface area (Å²) in [5.41, 5.74) is 10.4. The molecule has 7 heteroatoms. The zero-order valence-corrected chi connectivity index (χ0v) is 18.7. The molecule has 30 heavy (non-hydrogen) atoms. The summed E-state index contributed by atoms with van der Waals surface area (Å²) in [7, 11) is 0. The van der Waals surface area contributed by atoms with Gasteiger partial charge in [0, 0.05) is 13.0 Å². The van der Waals surface area contributed by atoms with Crippen LogP contribution in [-0.4, -0.2) is 35.5 Å². The Morgan fingerprint density at radius 3 is 2.13 bits per heavy atom. The summed E-state index contributed by atoms with van der Waals surface area (Å²) in [5, 5.41) is 11.7. The van der Waals surface area contributed by atoms with Crippen LogP contribution in [0.3, 0.4) is 0 Å². The third-order valence-corrected chi connectivity index (χ3v) is 4.70. The molecule has 0 aromatic carbocycles. The van der Waals surface area contributed by atoms with Crippen molar-refractivity contribution in [1.29, 1.82) is 0 Å². The second-order valence-electron chi connectivity index (χ2n) is 7.53. The molecule has 0 radical (unpaired) electrons. The number of aliphatic imine (C=N–C) groups is 1. The number of nitrogens with zero attached hydrogens (tertiary/aromatic N) is 1. The predicted octanol–water partition coefficient (Wildman–Crippen LogP) is 4.03. The molecule has 0 aliphatic carbocycles. The Labute approximate surface area is 182 Å². The molecule has 0 aliphatic heterocycles. The summed E-state index contributed by atoms with van der Waals surface area (Å²) in [5.74, 6) is -1.40. The van der Waals surface area contributed by atoms with Crippen molar-refractivity contribution in [3.8, 4) is 0 Å². The van der Waals surface area contributed by atoms with Crippen LogP contribution >= 0.6 is 0 Å². The van der Waals surface area contributed by atoms with E-state index in [9.17, 15) is 9.59 Å². The van der Waals surface area contributed by atoms with Crippen molar-refractivity contribution in [3.63, 3.8) is 0 Å². The lowest BCUT2D eigenvalue weighted by molar-refractivity contribution is -0.142. The number of aliphatic carboxylic acids is 1. The summed E-state index contributed by atoms with van der Waals surface area (Å²) in [6.07, 6.45) is 21.8. The maximum atomic E-state index is 11.9. The number of allylic oxidation sites excluding steroid dienone is 4. The van der Waals surface area contributed by atoms with Crippen LogP contribution in [0.5, 0.6) is 0 Å². The van der Waals surface area contributed by atoms with E-state index in [4.69, 9.17) is 16.6 Å². The van der Waals surface area contributed by atoms with Crippen LogP contribution < -0.4 is 16.8 Å². The molecule has 172 valence electrons. The molecule has 0 aromatic rings. The molecule has 0 bridgehead atoms. The highest BCUT2D eigenvalue weighted by atomic mass is 16.4. The standard InChI is InChI=1S/C23H42N4O3/c1-2-3-4-5-6-7-8-9-10-11-12-13-14-15-16-17-21(28)27-20(22(29)30)18-19-26-23(24)25/h6-7,9-10,20H,2-5,8,11-19H2,1H3,(H,27,28)(H,29,30)(H4,24,25,26)/b7-6-,10-9-/t20-/m0/s1. The van der Waals surface area contributed by atoms with Crippen LogP contribution in [0.2, 0.25) is 0 Å². The topological polar surface area (TPSA) is 131 Å². The Balaban J connectivity index is 3.66. The van der Waals surface area contributed by atoms with Crippen molar-refractivity contribution in [2.24, 2.45) is 16.5 Å². The molecular formula is C23H42N4O3. The van der Waals surface area contributed by atoms with Gasteiger partial charge in [0.1, 0.15) is 6.04 Å². The van der Waals surface area contributed by atoms with Crippen LogP contribution in [-0.2, 0) is 9.59 Å². The highest BCUT2D eigenvalue weighted by molar-refractivity contribution is 5.83. The van der Waals surface area contributed by atoms with Gasteiger partial charge in [-0.25, -0.2) is 4.79 Å². The quantitative estimate of drug-likeness (QED) is 0.108. The fourth-order valence-electron chi connectivity index (χ4n) is 2.94. The molecule has 1 amide bonds. The SMILES string of the molecule is CCCCC/C=C\C/C=C\CCCCCCCC(=O)N[C@@H](CCN=C(N)N)C(=O)O. The van der Waals surface area contributed by atoms with Crippen LogP contribution in [0.15, 0.2) is 29.3 Å². The number of carbonyl (C=O) groups excluding carboxylic acids is 1. The maximum absolute atomic E-state index is 11.9. The first-order chi connectivity index (χ1) is 14.5. The number of unbranched alkanes of at least 4 members (excludes halogenated alkanes) is 8. The fourth-order valence-corrected chi connectivity index (χ4v) is 2.94. The van der Waals surface area contributed by atoms with E-state index < -0.39 is 12.0 Å². The Bertz CT molecular complexity index is 541. The summed E-state index contributed by atoms with van der Waals surface area (Å²) >= 11 is 0. The molecule has 0 saturated carbocycles. The number of rotatable bonds is 19. The average Bonchev–Trinajstić information content (AvgIpc) is 2.69. The van der Waals surface area contributed by atoms with Gasteiger partial charge in [0.2, 0.25) is 5.91 Å². The lowest BCUT2D eigenvalue weighted by Crippen LogP contribution is -2.41. The minimum absolute atomic E-state index is 0.0874. The van der Waals surface area contributed by atoms with Gasteiger partial charge in [-0.15, -0.1) is 0 Å². The third kappa shape index (κ3) is 19.0. The lowest BCUT2D eigenvalue weighted by Gasteiger charge is -2.13. The number of carboxylic acid groups (broad SMARTS) is 1. The number of hydrogen-bond acceptors (Lipinski definition) is 3. The van der Waals surface area contributed by atoms with E-state index >= 15 is 0 Å². The summed E-state index contributed by atoms with van der Waals surface area (Å²) < 4.78 is 0. The molecule has 0 spiro atoms. The normalized spacial score (nSPS) is 12.3. The monoisotopic (exact) mass is 422 g/mol. The first kappa shape index (κ1) is 27.7. The van der Waals surface area contributed by atoms with E-state index in [1.54, 1.807) is 0 Å². The van der Waals surface area contributed by atoms with Gasteiger partial charge in [-0.1, -0.05) is 63.3 Å². The van der Waals surface area contributed by atoms with Gasteiger partial charge in [0.15, 0.2) is 5.96 Å². The Morgan fingerprint density at radius 1 is 0.933 bits per heavy atom. The highest BCUT2D eigenvalue weighted by Crippen LogP contribution is 2.08. The molecule has 0 heterocycles. The van der Waals surface area contributed by atoms with E-state index in [1.165, 1.54) is 25.7 Å². The zero-order valence-electron chi connectivity index (χ0n) is 18.7. The first-order valence-corrected chi connectivity index (χ1v) is 11.3. The average molecular weight is 423 g/mol. The minimum atomic E-state index is -1.07. The molecule has 7 nitrogen and oxygen atoms in total. The number of carboxylic acids is 1. The first-order valence-electron chi connectivity index (χ1n) is 11.3. The molecular weight excluding hydrogens is 380 g/mol. The lowest BCUT2D eigenvalue weighted by atomic mass is 10.1. The molecule has 6 N–H and O–H groups in total. The molecule has 1 atom stereocenters. The van der Waals surface area contributed by atoms with Gasteiger partial charge >= 0.3 is 5.97 Å². The number of nitrogens with two attached hydrogens (primary N) is 2. The van der Waals surface area contributed by atoms with E-state index in [-0.39, 0.29) is 24.8 Å². The van der Waals surface area contributed by atoms with Gasteiger partial charge in [0.25, 0.3) is 0 Å². The van der Waals surface area contributed by atoms with Gasteiger partial charge < -0.3 is 21.9 Å². The van der Waals surface area contributed by atoms with Crippen molar-refractivity contribution in [1.82, 2.24) is 5.32 Å². The van der Waals surface area contributed by atoms with E-state index in [0.29, 0.717) is 6.42 Å². The third-order valence-electron chi connectivity index (χ3n) is 4.70. The highest BCUT2D eigenvalue weighted by Gasteiger charge is 2.19. The van der Waals surface area contributed by atoms with Crippen LogP contribution in [0.4, 0.5) is 0 Å². The number of amides is 1. The zero-order chi connectivity index (χ0) is 22.5. The molecule has 0 aromatic heterocycles. The smallest absolute Gasteiger partial charge is 0.326 e. The van der Waals surface area contributed by atoms with Gasteiger partial charge in [-0.3, -0.25) is 9.79 Å². The van der Waals surface area contributed by atoms with E-state index in [0.717, 1.165) is 44.9 Å². The summed E-state index contributed by atoms with van der Waals surface area (Å²) in [4.78, 5) is 26.9. The van der Waals surface area contributed by atoms with Gasteiger partial charge in [-0.2, -0.15) is 0 Å². The summed E-state index contributed by atoms with van der Waals surface area (Å²) in [6.45, 7) is 2.39. The van der Waals surface area contributed by atoms with Gasteiger partial charge in [-0.05, 0) is 44.9 Å². The Kier molecular flexibility index (Phi) is 18.4. The second-order valence-corrected chi connectivity index (χ2v) is 7.53. The van der Waals surface area contributed by atoms with Crippen molar-refractivity contribution < 1.29 is 14.7 Å². The Hall–Kier alpha value is -2.31.